The third-order valence-corrected chi connectivity index (χ3v) is 7.77. The lowest BCUT2D eigenvalue weighted by molar-refractivity contribution is -0.120. The summed E-state index contributed by atoms with van der Waals surface area (Å²) >= 11 is 12.3. The molecule has 0 spiro atoms. The highest BCUT2D eigenvalue weighted by atomic mass is 35.5. The monoisotopic (exact) mass is 603 g/mol. The number of carbonyl (C=O) groups is 2. The molecule has 0 saturated carbocycles. The molecular formula is C31H35Cl2NO5S. The third kappa shape index (κ3) is 10.7. The average Bonchev–Trinajstić information content (AvgIpc) is 2.85. The summed E-state index contributed by atoms with van der Waals surface area (Å²) in [4.78, 5) is 25.8. The molecule has 0 fully saturated rings. The van der Waals surface area contributed by atoms with E-state index >= 15 is 0 Å². The lowest BCUT2D eigenvalue weighted by Gasteiger charge is -2.23. The highest BCUT2D eigenvalue weighted by molar-refractivity contribution is 7.85. The Morgan fingerprint density at radius 3 is 2.05 bits per heavy atom. The van der Waals surface area contributed by atoms with Gasteiger partial charge in [0.05, 0.1) is 5.75 Å². The molecule has 3 aromatic rings. The molecule has 1 unspecified atom stereocenters. The van der Waals surface area contributed by atoms with Crippen molar-refractivity contribution in [1.82, 2.24) is 0 Å². The number of amides is 1. The fourth-order valence-electron chi connectivity index (χ4n) is 4.31. The molecular weight excluding hydrogens is 569 g/mol. The van der Waals surface area contributed by atoms with Crippen molar-refractivity contribution in [2.45, 2.75) is 52.9 Å². The number of hydrogen-bond donors (Lipinski definition) is 2. The fraction of sp³-hybridized carbons (Fsp3) is 0.355. The maximum absolute atomic E-state index is 13.4. The second-order valence-electron chi connectivity index (χ2n) is 11.2. The summed E-state index contributed by atoms with van der Waals surface area (Å²) in [7, 11) is -4.09. The molecule has 0 saturated heterocycles. The van der Waals surface area contributed by atoms with Crippen LogP contribution in [0.2, 0.25) is 10.0 Å². The van der Waals surface area contributed by atoms with Gasteiger partial charge in [0.25, 0.3) is 10.1 Å². The number of carbonyl (C=O) groups excluding carboxylic acids is 2. The summed E-state index contributed by atoms with van der Waals surface area (Å²) in [5.74, 6) is -0.991. The predicted molar refractivity (Wildman–Crippen MR) is 163 cm³/mol. The van der Waals surface area contributed by atoms with Crippen molar-refractivity contribution in [3.05, 3.63) is 87.9 Å². The number of nitrogens with one attached hydrogen (secondary N) is 1. The van der Waals surface area contributed by atoms with E-state index in [2.05, 4.69) is 26.1 Å². The van der Waals surface area contributed by atoms with Gasteiger partial charge in [-0.1, -0.05) is 80.4 Å². The van der Waals surface area contributed by atoms with Gasteiger partial charge < -0.3 is 5.32 Å². The molecule has 1 atom stereocenters. The van der Waals surface area contributed by atoms with E-state index in [-0.39, 0.29) is 35.9 Å². The second-order valence-corrected chi connectivity index (χ2v) is 13.7. The molecule has 6 nitrogen and oxygen atoms in total. The van der Waals surface area contributed by atoms with E-state index in [1.165, 1.54) is 0 Å². The number of rotatable bonds is 12. The summed E-state index contributed by atoms with van der Waals surface area (Å²) < 4.78 is 30.6. The van der Waals surface area contributed by atoms with Gasteiger partial charge in [0.15, 0.2) is 5.78 Å². The Morgan fingerprint density at radius 2 is 1.50 bits per heavy atom. The number of Topliss-reactive ketones (excluding diaryl/α,β-unsaturated/α-hetero) is 1. The normalized spacial score (nSPS) is 12.7. The molecule has 3 aromatic carbocycles. The van der Waals surface area contributed by atoms with Gasteiger partial charge in [-0.2, -0.15) is 8.42 Å². The van der Waals surface area contributed by atoms with Crippen molar-refractivity contribution in [2.24, 2.45) is 11.3 Å². The minimum absolute atomic E-state index is 0.0267. The SMILES string of the molecule is CC(C)(C)CCC(Cc1ccc(C(=O)CCCS(=O)(=O)O)cc1)C(=O)Nc1ccc(-c2cc(Cl)cc(Cl)c2)cc1. The molecule has 0 aromatic heterocycles. The molecule has 0 aliphatic heterocycles. The maximum atomic E-state index is 13.4. The number of ketones is 1. The summed E-state index contributed by atoms with van der Waals surface area (Å²) in [6, 6.07) is 19.9. The van der Waals surface area contributed by atoms with Crippen LogP contribution in [0.5, 0.6) is 0 Å². The largest absolute Gasteiger partial charge is 0.326 e. The molecule has 0 bridgehead atoms. The van der Waals surface area contributed by atoms with Crippen molar-refractivity contribution in [2.75, 3.05) is 11.1 Å². The van der Waals surface area contributed by atoms with Crippen LogP contribution in [0.1, 0.15) is 62.4 Å². The van der Waals surface area contributed by atoms with Crippen LogP contribution in [-0.2, 0) is 21.3 Å². The minimum atomic E-state index is -4.09. The zero-order chi connectivity index (χ0) is 29.5. The third-order valence-electron chi connectivity index (χ3n) is 6.53. The molecule has 0 radical (unpaired) electrons. The van der Waals surface area contributed by atoms with Crippen molar-refractivity contribution in [3.63, 3.8) is 0 Å². The number of benzene rings is 3. The summed E-state index contributed by atoms with van der Waals surface area (Å²) in [5, 5.41) is 4.15. The Balaban J connectivity index is 1.68. The van der Waals surface area contributed by atoms with E-state index in [0.717, 1.165) is 23.1 Å². The number of anilines is 1. The van der Waals surface area contributed by atoms with Crippen LogP contribution in [0.15, 0.2) is 66.7 Å². The van der Waals surface area contributed by atoms with Crippen molar-refractivity contribution in [1.29, 1.82) is 0 Å². The van der Waals surface area contributed by atoms with Gasteiger partial charge in [0.1, 0.15) is 0 Å². The second kappa shape index (κ2) is 13.8. The van der Waals surface area contributed by atoms with Crippen LogP contribution >= 0.6 is 23.2 Å². The first-order valence-corrected chi connectivity index (χ1v) is 15.5. The van der Waals surface area contributed by atoms with Crippen LogP contribution in [0.25, 0.3) is 11.1 Å². The first kappa shape index (κ1) is 31.8. The molecule has 0 aliphatic rings. The Morgan fingerprint density at radius 1 is 0.900 bits per heavy atom. The Kier molecular flexibility index (Phi) is 11.0. The smallest absolute Gasteiger partial charge is 0.264 e. The van der Waals surface area contributed by atoms with E-state index in [1.54, 1.807) is 18.2 Å². The molecule has 9 heteroatoms. The predicted octanol–water partition coefficient (Wildman–Crippen LogP) is 8.13. The summed E-state index contributed by atoms with van der Waals surface area (Å²) in [6.45, 7) is 6.43. The van der Waals surface area contributed by atoms with E-state index in [1.807, 2.05) is 48.5 Å². The lowest BCUT2D eigenvalue weighted by atomic mass is 9.84. The Hall–Kier alpha value is -2.71. The minimum Gasteiger partial charge on any atom is -0.326 e. The molecule has 2 N–H and O–H groups in total. The van der Waals surface area contributed by atoms with Crippen LogP contribution in [0.4, 0.5) is 5.69 Å². The zero-order valence-electron chi connectivity index (χ0n) is 22.9. The first-order valence-electron chi connectivity index (χ1n) is 13.1. The molecule has 3 rings (SSSR count). The standard InChI is InChI=1S/C31H35Cl2NO5S/c1-31(2,3)15-14-24(17-21-6-8-23(9-7-21)29(35)5-4-16-40(37,38)39)30(36)34-28-12-10-22(11-13-28)25-18-26(32)20-27(33)19-25/h6-13,18-20,24H,4-5,14-17H2,1-3H3,(H,34,36)(H,37,38,39). The van der Waals surface area contributed by atoms with E-state index in [4.69, 9.17) is 27.8 Å². The van der Waals surface area contributed by atoms with E-state index in [0.29, 0.717) is 34.1 Å². The Labute approximate surface area is 246 Å². The van der Waals surface area contributed by atoms with E-state index in [9.17, 15) is 18.0 Å². The first-order chi connectivity index (χ1) is 18.7. The quantitative estimate of drug-likeness (QED) is 0.161. The zero-order valence-corrected chi connectivity index (χ0v) is 25.2. The van der Waals surface area contributed by atoms with Gasteiger partial charge in [-0.05, 0) is 78.1 Å². The van der Waals surface area contributed by atoms with Crippen LogP contribution in [0, 0.1) is 11.3 Å². The van der Waals surface area contributed by atoms with Gasteiger partial charge in [-0.15, -0.1) is 0 Å². The van der Waals surface area contributed by atoms with Crippen molar-refractivity contribution in [3.8, 4) is 11.1 Å². The van der Waals surface area contributed by atoms with Crippen LogP contribution < -0.4 is 5.32 Å². The van der Waals surface area contributed by atoms with Gasteiger partial charge >= 0.3 is 0 Å². The molecule has 1 amide bonds. The van der Waals surface area contributed by atoms with Crippen LogP contribution in [0.3, 0.4) is 0 Å². The summed E-state index contributed by atoms with van der Waals surface area (Å²) in [5.41, 5.74) is 3.97. The van der Waals surface area contributed by atoms with Crippen LogP contribution in [-0.4, -0.2) is 30.4 Å². The highest BCUT2D eigenvalue weighted by Crippen LogP contribution is 2.29. The van der Waals surface area contributed by atoms with Gasteiger partial charge in [-0.3, -0.25) is 14.1 Å². The highest BCUT2D eigenvalue weighted by Gasteiger charge is 2.23. The van der Waals surface area contributed by atoms with Crippen molar-refractivity contribution < 1.29 is 22.6 Å². The Bertz CT molecular complexity index is 1410. The molecule has 0 heterocycles. The van der Waals surface area contributed by atoms with E-state index < -0.39 is 15.9 Å². The van der Waals surface area contributed by atoms with Gasteiger partial charge in [0, 0.05) is 33.6 Å². The molecule has 40 heavy (non-hydrogen) atoms. The van der Waals surface area contributed by atoms with Crippen molar-refractivity contribution >= 4 is 50.7 Å². The average molecular weight is 605 g/mol. The lowest BCUT2D eigenvalue weighted by Crippen LogP contribution is -2.26. The number of halogens is 2. The van der Waals surface area contributed by atoms with Gasteiger partial charge in [0.2, 0.25) is 5.91 Å². The molecule has 214 valence electrons. The fourth-order valence-corrected chi connectivity index (χ4v) is 5.35. The maximum Gasteiger partial charge on any atom is 0.264 e. The van der Waals surface area contributed by atoms with Gasteiger partial charge in [-0.25, -0.2) is 0 Å². The summed E-state index contributed by atoms with van der Waals surface area (Å²) in [6.07, 6.45) is 2.16. The number of hydrogen-bond acceptors (Lipinski definition) is 4. The topological polar surface area (TPSA) is 101 Å². The molecule has 0 aliphatic carbocycles.